The molecule has 1 aromatic carbocycles. The molecule has 1 amide bonds. The van der Waals surface area contributed by atoms with Gasteiger partial charge in [0.05, 0.1) is 13.7 Å². The highest BCUT2D eigenvalue weighted by Crippen LogP contribution is 2.15. The van der Waals surface area contributed by atoms with Gasteiger partial charge in [-0.1, -0.05) is 51.7 Å². The van der Waals surface area contributed by atoms with Gasteiger partial charge in [0, 0.05) is 12.1 Å². The fourth-order valence-corrected chi connectivity index (χ4v) is 3.13. The smallest absolute Gasteiger partial charge is 0.360 e. The quantitative estimate of drug-likeness (QED) is 0.369. The van der Waals surface area contributed by atoms with Gasteiger partial charge < -0.3 is 14.1 Å². The molecule has 0 unspecified atom stereocenters. The Bertz CT molecular complexity index is 767. The van der Waals surface area contributed by atoms with Crippen molar-refractivity contribution in [1.82, 2.24) is 9.88 Å². The number of esters is 1. The summed E-state index contributed by atoms with van der Waals surface area (Å²) >= 11 is 0. The molecule has 29 heavy (non-hydrogen) atoms. The van der Waals surface area contributed by atoms with Crippen molar-refractivity contribution in [3.8, 4) is 0 Å². The summed E-state index contributed by atoms with van der Waals surface area (Å²) in [5.74, 6) is -0.284. The topological polar surface area (TPSA) is 72.6 Å². The van der Waals surface area contributed by atoms with Gasteiger partial charge in [0.25, 0.3) is 5.91 Å². The number of rotatable bonds is 12. The zero-order chi connectivity index (χ0) is 21.1. The second-order valence-electron chi connectivity index (χ2n) is 7.21. The van der Waals surface area contributed by atoms with Crippen LogP contribution in [0, 0.1) is 0 Å². The Labute approximate surface area is 173 Å². The predicted molar refractivity (Wildman–Crippen MR) is 112 cm³/mol. The van der Waals surface area contributed by atoms with Gasteiger partial charge in [-0.2, -0.15) is 0 Å². The van der Waals surface area contributed by atoms with Crippen LogP contribution in [0.3, 0.4) is 0 Å². The van der Waals surface area contributed by atoms with Gasteiger partial charge in [0.1, 0.15) is 6.26 Å². The fraction of sp³-hybridized carbons (Fsp3) is 0.522. The van der Waals surface area contributed by atoms with Crippen molar-refractivity contribution in [3.63, 3.8) is 0 Å². The first-order valence-corrected chi connectivity index (χ1v) is 10.5. The number of hydrogen-bond donors (Lipinski definition) is 0. The van der Waals surface area contributed by atoms with E-state index in [0.29, 0.717) is 18.0 Å². The summed E-state index contributed by atoms with van der Waals surface area (Å²) < 4.78 is 10.0. The lowest BCUT2D eigenvalue weighted by Gasteiger charge is -2.21. The Morgan fingerprint density at radius 2 is 1.72 bits per heavy atom. The normalized spacial score (nSPS) is 10.7. The SMILES string of the molecule is CCCCCc1ccc(C(=O)N(CCCCC)Cc2nc(C(=O)OC)co2)cc1. The van der Waals surface area contributed by atoms with E-state index in [1.54, 1.807) is 4.90 Å². The number of carbonyl (C=O) groups is 2. The van der Waals surface area contributed by atoms with Crippen LogP contribution in [0.2, 0.25) is 0 Å². The van der Waals surface area contributed by atoms with Crippen molar-refractivity contribution < 1.29 is 18.7 Å². The maximum absolute atomic E-state index is 13.1. The van der Waals surface area contributed by atoms with E-state index in [0.717, 1.165) is 25.7 Å². The van der Waals surface area contributed by atoms with Crippen LogP contribution in [-0.2, 0) is 17.7 Å². The van der Waals surface area contributed by atoms with Crippen molar-refractivity contribution in [1.29, 1.82) is 0 Å². The summed E-state index contributed by atoms with van der Waals surface area (Å²) in [6, 6.07) is 7.86. The first kappa shape index (κ1) is 22.7. The zero-order valence-corrected chi connectivity index (χ0v) is 17.8. The molecule has 1 aromatic heterocycles. The zero-order valence-electron chi connectivity index (χ0n) is 17.8. The summed E-state index contributed by atoms with van der Waals surface area (Å²) in [7, 11) is 1.29. The Hall–Kier alpha value is -2.63. The van der Waals surface area contributed by atoms with E-state index in [2.05, 4.69) is 23.6 Å². The molecule has 1 heterocycles. The molecular formula is C23H32N2O4. The third-order valence-corrected chi connectivity index (χ3v) is 4.86. The van der Waals surface area contributed by atoms with Gasteiger partial charge in [-0.05, 0) is 37.0 Å². The molecule has 0 aliphatic carbocycles. The Balaban J connectivity index is 2.08. The monoisotopic (exact) mass is 400 g/mol. The average molecular weight is 401 g/mol. The Kier molecular flexibility index (Phi) is 9.41. The third kappa shape index (κ3) is 7.04. The number of nitrogens with zero attached hydrogens (tertiary/aromatic N) is 2. The number of carbonyl (C=O) groups excluding carboxylic acids is 2. The van der Waals surface area contributed by atoms with E-state index in [1.807, 2.05) is 24.3 Å². The van der Waals surface area contributed by atoms with Crippen LogP contribution in [0.15, 0.2) is 34.9 Å². The molecule has 0 N–H and O–H groups in total. The van der Waals surface area contributed by atoms with Gasteiger partial charge in [0.15, 0.2) is 5.69 Å². The van der Waals surface area contributed by atoms with Gasteiger partial charge in [-0.25, -0.2) is 9.78 Å². The van der Waals surface area contributed by atoms with E-state index in [9.17, 15) is 9.59 Å². The van der Waals surface area contributed by atoms with Crippen LogP contribution >= 0.6 is 0 Å². The van der Waals surface area contributed by atoms with Crippen LogP contribution < -0.4 is 0 Å². The van der Waals surface area contributed by atoms with Crippen LogP contribution in [0.1, 0.15) is 84.7 Å². The third-order valence-electron chi connectivity index (χ3n) is 4.86. The van der Waals surface area contributed by atoms with Gasteiger partial charge in [-0.15, -0.1) is 0 Å². The molecule has 2 aromatic rings. The van der Waals surface area contributed by atoms with Crippen LogP contribution in [0.4, 0.5) is 0 Å². The fourth-order valence-electron chi connectivity index (χ4n) is 3.13. The lowest BCUT2D eigenvalue weighted by Crippen LogP contribution is -2.31. The Morgan fingerprint density at radius 1 is 1.03 bits per heavy atom. The van der Waals surface area contributed by atoms with Gasteiger partial charge in [0.2, 0.25) is 5.89 Å². The molecule has 158 valence electrons. The standard InChI is InChI=1S/C23H32N2O4/c1-4-6-8-10-18-11-13-19(14-12-18)22(26)25(15-9-7-5-2)16-21-24-20(17-29-21)23(27)28-3/h11-14,17H,4-10,15-16H2,1-3H3. The van der Waals surface area contributed by atoms with E-state index < -0.39 is 5.97 Å². The van der Waals surface area contributed by atoms with E-state index in [4.69, 9.17) is 4.42 Å². The summed E-state index contributed by atoms with van der Waals surface area (Å²) in [5.41, 5.74) is 2.02. The maximum Gasteiger partial charge on any atom is 0.360 e. The first-order chi connectivity index (χ1) is 14.1. The van der Waals surface area contributed by atoms with E-state index >= 15 is 0 Å². The lowest BCUT2D eigenvalue weighted by molar-refractivity contribution is 0.0594. The lowest BCUT2D eigenvalue weighted by atomic mass is 10.0. The summed E-state index contributed by atoms with van der Waals surface area (Å²) in [5, 5.41) is 0. The maximum atomic E-state index is 13.1. The molecule has 0 aliphatic rings. The molecule has 6 nitrogen and oxygen atoms in total. The van der Waals surface area contributed by atoms with E-state index in [-0.39, 0.29) is 18.1 Å². The number of methoxy groups -OCH3 is 1. The number of aryl methyl sites for hydroxylation is 1. The summed E-state index contributed by atoms with van der Waals surface area (Å²) in [6.07, 6.45) is 8.90. The number of ether oxygens (including phenoxy) is 1. The van der Waals surface area contributed by atoms with E-state index in [1.165, 1.54) is 38.2 Å². The van der Waals surface area contributed by atoms with Gasteiger partial charge in [-0.3, -0.25) is 4.79 Å². The van der Waals surface area contributed by atoms with Crippen LogP contribution in [-0.4, -0.2) is 35.4 Å². The van der Waals surface area contributed by atoms with Crippen LogP contribution in [0.25, 0.3) is 0 Å². The number of hydrogen-bond acceptors (Lipinski definition) is 5. The van der Waals surface area contributed by atoms with Crippen molar-refractivity contribution in [2.24, 2.45) is 0 Å². The molecule has 0 bridgehead atoms. The predicted octanol–water partition coefficient (Wildman–Crippen LogP) is 5.03. The van der Waals surface area contributed by atoms with Crippen LogP contribution in [0.5, 0.6) is 0 Å². The molecule has 0 saturated carbocycles. The summed E-state index contributed by atoms with van der Waals surface area (Å²) in [4.78, 5) is 30.5. The van der Waals surface area contributed by atoms with Crippen molar-refractivity contribution in [2.45, 2.75) is 65.3 Å². The highest BCUT2D eigenvalue weighted by atomic mass is 16.5. The molecule has 0 atom stereocenters. The minimum atomic E-state index is -0.553. The second kappa shape index (κ2) is 12.0. The molecule has 0 fully saturated rings. The number of oxazole rings is 1. The number of aromatic nitrogens is 1. The van der Waals surface area contributed by atoms with Crippen molar-refractivity contribution in [2.75, 3.05) is 13.7 Å². The number of benzene rings is 1. The second-order valence-corrected chi connectivity index (χ2v) is 7.21. The molecule has 6 heteroatoms. The Morgan fingerprint density at radius 3 is 2.38 bits per heavy atom. The molecular weight excluding hydrogens is 368 g/mol. The highest BCUT2D eigenvalue weighted by Gasteiger charge is 2.20. The summed E-state index contributed by atoms with van der Waals surface area (Å²) in [6.45, 7) is 5.15. The molecule has 2 rings (SSSR count). The average Bonchev–Trinajstić information content (AvgIpc) is 3.21. The molecule has 0 aliphatic heterocycles. The minimum absolute atomic E-state index is 0.0565. The first-order valence-electron chi connectivity index (χ1n) is 10.5. The molecule has 0 saturated heterocycles. The molecule has 0 spiro atoms. The number of amides is 1. The van der Waals surface area contributed by atoms with Crippen molar-refractivity contribution >= 4 is 11.9 Å². The highest BCUT2D eigenvalue weighted by molar-refractivity contribution is 5.94. The number of unbranched alkanes of at least 4 members (excludes halogenated alkanes) is 4. The molecule has 0 radical (unpaired) electrons. The van der Waals surface area contributed by atoms with Crippen molar-refractivity contribution in [3.05, 3.63) is 53.2 Å². The van der Waals surface area contributed by atoms with Gasteiger partial charge >= 0.3 is 5.97 Å². The largest absolute Gasteiger partial charge is 0.464 e. The minimum Gasteiger partial charge on any atom is -0.464 e.